The predicted octanol–water partition coefficient (Wildman–Crippen LogP) is 5.54. The Labute approximate surface area is 210 Å². The van der Waals surface area contributed by atoms with Gasteiger partial charge in [0.1, 0.15) is 11.8 Å². The first kappa shape index (κ1) is 25.6. The van der Waals surface area contributed by atoms with Gasteiger partial charge in [-0.3, -0.25) is 9.59 Å². The Morgan fingerprint density at radius 1 is 0.912 bits per heavy atom. The molecule has 178 valence electrons. The Balaban J connectivity index is 1.91. The number of amides is 2. The van der Waals surface area contributed by atoms with Crippen LogP contribution in [0.3, 0.4) is 0 Å². The number of carbonyl (C=O) groups excluding carboxylic acids is 2. The highest BCUT2D eigenvalue weighted by molar-refractivity contribution is 6.32. The number of hydrogen-bond acceptors (Lipinski definition) is 3. The van der Waals surface area contributed by atoms with Gasteiger partial charge in [0.05, 0.1) is 5.02 Å². The lowest BCUT2D eigenvalue weighted by molar-refractivity contribution is -0.142. The Morgan fingerprint density at radius 3 is 2.24 bits per heavy atom. The first-order chi connectivity index (χ1) is 16.5. The molecule has 0 spiro atoms. The Bertz CT molecular complexity index is 1090. The van der Waals surface area contributed by atoms with Crippen molar-refractivity contribution in [2.24, 2.45) is 0 Å². The standard InChI is InChI=1S/C27H28Cl2N2O3/c1-2-16-30-27(33)24(17-20-10-4-3-5-11-20)31(18-21-12-6-7-13-22(21)28)26(32)19-34-25-15-9-8-14-23(25)29/h3-15,24H,2,16-19H2,1H3,(H,30,33)/t24-/m0/s1. The van der Waals surface area contributed by atoms with Crippen LogP contribution in [0.15, 0.2) is 78.9 Å². The van der Waals surface area contributed by atoms with Crippen LogP contribution in [0.4, 0.5) is 0 Å². The van der Waals surface area contributed by atoms with Crippen molar-refractivity contribution < 1.29 is 14.3 Å². The minimum atomic E-state index is -0.743. The van der Waals surface area contributed by atoms with Gasteiger partial charge in [0.25, 0.3) is 5.91 Å². The lowest BCUT2D eigenvalue weighted by Crippen LogP contribution is -2.51. The minimum absolute atomic E-state index is 0.168. The Kier molecular flexibility index (Phi) is 9.80. The molecule has 0 aliphatic rings. The van der Waals surface area contributed by atoms with E-state index in [0.29, 0.717) is 28.8 Å². The van der Waals surface area contributed by atoms with Crippen molar-refractivity contribution in [1.82, 2.24) is 10.2 Å². The fraction of sp³-hybridized carbons (Fsp3) is 0.259. The molecule has 0 aliphatic heterocycles. The summed E-state index contributed by atoms with van der Waals surface area (Å²) in [7, 11) is 0. The average Bonchev–Trinajstić information content (AvgIpc) is 2.85. The molecule has 1 atom stereocenters. The predicted molar refractivity (Wildman–Crippen MR) is 136 cm³/mol. The van der Waals surface area contributed by atoms with E-state index in [1.165, 1.54) is 4.90 Å². The third-order valence-electron chi connectivity index (χ3n) is 5.31. The van der Waals surface area contributed by atoms with Gasteiger partial charge in [-0.25, -0.2) is 0 Å². The molecule has 0 unspecified atom stereocenters. The third kappa shape index (κ3) is 7.24. The summed E-state index contributed by atoms with van der Waals surface area (Å²) < 4.78 is 5.72. The van der Waals surface area contributed by atoms with Crippen molar-refractivity contribution in [3.05, 3.63) is 100 Å². The zero-order valence-corrected chi connectivity index (χ0v) is 20.6. The molecule has 0 bridgehead atoms. The zero-order valence-electron chi connectivity index (χ0n) is 19.0. The van der Waals surface area contributed by atoms with Gasteiger partial charge < -0.3 is 15.0 Å². The fourth-order valence-electron chi connectivity index (χ4n) is 3.51. The van der Waals surface area contributed by atoms with Gasteiger partial charge in [-0.1, -0.05) is 90.8 Å². The maximum absolute atomic E-state index is 13.5. The van der Waals surface area contributed by atoms with Crippen LogP contribution in [0.25, 0.3) is 0 Å². The van der Waals surface area contributed by atoms with Gasteiger partial charge in [-0.2, -0.15) is 0 Å². The molecule has 0 radical (unpaired) electrons. The molecule has 34 heavy (non-hydrogen) atoms. The maximum Gasteiger partial charge on any atom is 0.261 e. The molecule has 0 aromatic heterocycles. The van der Waals surface area contributed by atoms with Crippen molar-refractivity contribution in [2.45, 2.75) is 32.4 Å². The van der Waals surface area contributed by atoms with Gasteiger partial charge in [0.2, 0.25) is 5.91 Å². The van der Waals surface area contributed by atoms with Crippen LogP contribution < -0.4 is 10.1 Å². The summed E-state index contributed by atoms with van der Waals surface area (Å²) in [6, 6.07) is 23.1. The van der Waals surface area contributed by atoms with Crippen LogP contribution in [-0.4, -0.2) is 35.9 Å². The molecular formula is C27H28Cl2N2O3. The lowest BCUT2D eigenvalue weighted by Gasteiger charge is -2.31. The number of hydrogen-bond donors (Lipinski definition) is 1. The van der Waals surface area contributed by atoms with Gasteiger partial charge in [0, 0.05) is 24.5 Å². The molecule has 3 aromatic carbocycles. The molecule has 0 saturated heterocycles. The van der Waals surface area contributed by atoms with E-state index < -0.39 is 6.04 Å². The van der Waals surface area contributed by atoms with Gasteiger partial charge in [0.15, 0.2) is 6.61 Å². The van der Waals surface area contributed by atoms with E-state index in [9.17, 15) is 9.59 Å². The van der Waals surface area contributed by atoms with Crippen LogP contribution in [0.2, 0.25) is 10.0 Å². The highest BCUT2D eigenvalue weighted by atomic mass is 35.5. The number of benzene rings is 3. The fourth-order valence-corrected chi connectivity index (χ4v) is 3.90. The molecule has 0 saturated carbocycles. The largest absolute Gasteiger partial charge is 0.482 e. The molecule has 0 aliphatic carbocycles. The smallest absolute Gasteiger partial charge is 0.261 e. The van der Waals surface area contributed by atoms with Gasteiger partial charge in [-0.05, 0) is 35.7 Å². The summed E-state index contributed by atoms with van der Waals surface area (Å²) in [6.07, 6.45) is 1.15. The number of nitrogens with one attached hydrogen (secondary N) is 1. The van der Waals surface area contributed by atoms with Crippen molar-refractivity contribution in [2.75, 3.05) is 13.2 Å². The van der Waals surface area contributed by atoms with Crippen LogP contribution >= 0.6 is 23.2 Å². The molecule has 7 heteroatoms. The van der Waals surface area contributed by atoms with Crippen LogP contribution in [0.1, 0.15) is 24.5 Å². The van der Waals surface area contributed by atoms with Gasteiger partial charge >= 0.3 is 0 Å². The number of nitrogens with zero attached hydrogens (tertiary/aromatic N) is 1. The molecule has 2 amide bonds. The van der Waals surface area contributed by atoms with Crippen molar-refractivity contribution in [3.8, 4) is 5.75 Å². The van der Waals surface area contributed by atoms with E-state index in [4.69, 9.17) is 27.9 Å². The monoisotopic (exact) mass is 498 g/mol. The molecule has 3 aromatic rings. The van der Waals surface area contributed by atoms with E-state index in [0.717, 1.165) is 17.5 Å². The highest BCUT2D eigenvalue weighted by Gasteiger charge is 2.31. The van der Waals surface area contributed by atoms with Crippen LogP contribution in [-0.2, 0) is 22.6 Å². The Morgan fingerprint density at radius 2 is 1.56 bits per heavy atom. The first-order valence-corrected chi connectivity index (χ1v) is 12.0. The normalized spacial score (nSPS) is 11.5. The lowest BCUT2D eigenvalue weighted by atomic mass is 10.0. The highest BCUT2D eigenvalue weighted by Crippen LogP contribution is 2.24. The van der Waals surface area contributed by atoms with Gasteiger partial charge in [-0.15, -0.1) is 0 Å². The number of carbonyl (C=O) groups is 2. The van der Waals surface area contributed by atoms with Crippen LogP contribution in [0.5, 0.6) is 5.75 Å². The summed E-state index contributed by atoms with van der Waals surface area (Å²) in [5.41, 5.74) is 1.69. The second kappa shape index (κ2) is 13.0. The summed E-state index contributed by atoms with van der Waals surface area (Å²) >= 11 is 12.6. The molecule has 3 rings (SSSR count). The van der Waals surface area contributed by atoms with E-state index in [1.807, 2.05) is 55.5 Å². The average molecular weight is 499 g/mol. The SMILES string of the molecule is CCCNC(=O)[C@H](Cc1ccccc1)N(Cc1ccccc1Cl)C(=O)COc1ccccc1Cl. The van der Waals surface area contributed by atoms with E-state index >= 15 is 0 Å². The maximum atomic E-state index is 13.5. The summed E-state index contributed by atoms with van der Waals surface area (Å²) in [4.78, 5) is 28.3. The van der Waals surface area contributed by atoms with Crippen molar-refractivity contribution in [3.63, 3.8) is 0 Å². The van der Waals surface area contributed by atoms with Crippen molar-refractivity contribution >= 4 is 35.0 Å². The first-order valence-electron chi connectivity index (χ1n) is 11.2. The summed E-state index contributed by atoms with van der Waals surface area (Å²) in [5.74, 6) is -0.151. The van der Waals surface area contributed by atoms with E-state index in [-0.39, 0.29) is 25.0 Å². The van der Waals surface area contributed by atoms with Crippen LogP contribution in [0, 0.1) is 0 Å². The second-order valence-electron chi connectivity index (χ2n) is 7.83. The van der Waals surface area contributed by atoms with Crippen molar-refractivity contribution in [1.29, 1.82) is 0 Å². The molecular weight excluding hydrogens is 471 g/mol. The molecule has 0 fully saturated rings. The topological polar surface area (TPSA) is 58.6 Å². The quantitative estimate of drug-likeness (QED) is 0.377. The Hall–Kier alpha value is -3.02. The van der Waals surface area contributed by atoms with E-state index in [2.05, 4.69) is 5.32 Å². The van der Waals surface area contributed by atoms with E-state index in [1.54, 1.807) is 30.3 Å². The molecule has 0 heterocycles. The number of halogens is 2. The number of ether oxygens (including phenoxy) is 1. The summed E-state index contributed by atoms with van der Waals surface area (Å²) in [6.45, 7) is 2.41. The minimum Gasteiger partial charge on any atom is -0.482 e. The number of rotatable bonds is 11. The third-order valence-corrected chi connectivity index (χ3v) is 5.99. The molecule has 1 N–H and O–H groups in total. The summed E-state index contributed by atoms with van der Waals surface area (Å²) in [5, 5.41) is 3.88. The number of para-hydroxylation sites is 1. The second-order valence-corrected chi connectivity index (χ2v) is 8.64. The molecule has 5 nitrogen and oxygen atoms in total. The zero-order chi connectivity index (χ0) is 24.3.